The van der Waals surface area contributed by atoms with Gasteiger partial charge in [0.1, 0.15) is 11.4 Å². The molecule has 0 aliphatic heterocycles. The average Bonchev–Trinajstić information content (AvgIpc) is 2.75. The van der Waals surface area contributed by atoms with Crippen molar-refractivity contribution >= 4 is 50.0 Å². The highest BCUT2D eigenvalue weighted by Crippen LogP contribution is 2.23. The molecule has 162 valence electrons. The van der Waals surface area contributed by atoms with Gasteiger partial charge in [0.25, 0.3) is 15.8 Å². The lowest BCUT2D eigenvalue weighted by Gasteiger charge is -2.11. The van der Waals surface area contributed by atoms with E-state index < -0.39 is 10.0 Å². The minimum atomic E-state index is -3.97. The first-order chi connectivity index (χ1) is 15.3. The van der Waals surface area contributed by atoms with Crippen LogP contribution in [0, 0.1) is 0 Å². The van der Waals surface area contributed by atoms with Gasteiger partial charge in [0.15, 0.2) is 0 Å². The highest BCUT2D eigenvalue weighted by Gasteiger charge is 2.21. The zero-order chi connectivity index (χ0) is 22.7. The van der Waals surface area contributed by atoms with Crippen molar-refractivity contribution in [1.29, 1.82) is 0 Å². The summed E-state index contributed by atoms with van der Waals surface area (Å²) in [5.74, 6) is 0.269. The second-order valence-corrected chi connectivity index (χ2v) is 8.68. The number of hydrogen-bond acceptors (Lipinski definition) is 6. The van der Waals surface area contributed by atoms with Gasteiger partial charge in [-0.1, -0.05) is 12.1 Å². The molecule has 0 aliphatic carbocycles. The van der Waals surface area contributed by atoms with Gasteiger partial charge < -0.3 is 10.4 Å². The van der Waals surface area contributed by atoms with Gasteiger partial charge in [-0.05, 0) is 48.5 Å². The topological polar surface area (TPSA) is 138 Å². The van der Waals surface area contributed by atoms with Crippen molar-refractivity contribution in [1.82, 2.24) is 9.97 Å². The number of nitrogens with one attached hydrogen (secondary N) is 2. The second kappa shape index (κ2) is 8.61. The maximum Gasteiger partial charge on any atom is 0.274 e. The number of quaternary nitrogens is 1. The number of benzene rings is 3. The number of fused-ring (bicyclic) bond motifs is 1. The SMILES string of the molecule is CC(=O)Nc1ccc(S(=O)(=O)Nc2nc3ccccc3nc2[NH2+]c2ccc(O)cc2)cc1. The number of amides is 1. The third-order valence-electron chi connectivity index (χ3n) is 4.51. The van der Waals surface area contributed by atoms with Crippen LogP contribution >= 0.6 is 0 Å². The van der Waals surface area contributed by atoms with Gasteiger partial charge in [-0.15, -0.1) is 0 Å². The third-order valence-corrected chi connectivity index (χ3v) is 5.86. The van der Waals surface area contributed by atoms with Gasteiger partial charge in [0, 0.05) is 24.7 Å². The van der Waals surface area contributed by atoms with Crippen LogP contribution in [0.15, 0.2) is 77.7 Å². The van der Waals surface area contributed by atoms with Gasteiger partial charge >= 0.3 is 0 Å². The second-order valence-electron chi connectivity index (χ2n) is 6.99. The summed E-state index contributed by atoms with van der Waals surface area (Å²) in [6.07, 6.45) is 0. The van der Waals surface area contributed by atoms with Crippen molar-refractivity contribution < 1.29 is 23.6 Å². The summed E-state index contributed by atoms with van der Waals surface area (Å²) in [5, 5.41) is 13.8. The van der Waals surface area contributed by atoms with Gasteiger partial charge in [0.05, 0.1) is 15.9 Å². The van der Waals surface area contributed by atoms with Crippen molar-refractivity contribution in [3.05, 3.63) is 72.8 Å². The van der Waals surface area contributed by atoms with Crippen LogP contribution in [-0.4, -0.2) is 29.4 Å². The number of hydrogen-bond donors (Lipinski definition) is 4. The van der Waals surface area contributed by atoms with E-state index in [2.05, 4.69) is 20.0 Å². The number of carbonyl (C=O) groups excluding carboxylic acids is 1. The summed E-state index contributed by atoms with van der Waals surface area (Å²) in [6.45, 7) is 1.37. The van der Waals surface area contributed by atoms with E-state index in [9.17, 15) is 18.3 Å². The molecule has 0 saturated carbocycles. The zero-order valence-corrected chi connectivity index (χ0v) is 17.8. The number of rotatable bonds is 6. The molecule has 0 saturated heterocycles. The molecule has 0 aliphatic rings. The van der Waals surface area contributed by atoms with Crippen molar-refractivity contribution in [3.8, 4) is 5.75 Å². The van der Waals surface area contributed by atoms with Gasteiger partial charge in [-0.25, -0.2) is 13.4 Å². The first kappa shape index (κ1) is 21.2. The van der Waals surface area contributed by atoms with Crippen LogP contribution in [0.3, 0.4) is 0 Å². The maximum absolute atomic E-state index is 13.0. The highest BCUT2D eigenvalue weighted by molar-refractivity contribution is 7.92. The minimum Gasteiger partial charge on any atom is -0.508 e. The molecule has 32 heavy (non-hydrogen) atoms. The zero-order valence-electron chi connectivity index (χ0n) is 17.0. The number of anilines is 2. The summed E-state index contributed by atoms with van der Waals surface area (Å²) >= 11 is 0. The molecule has 5 N–H and O–H groups in total. The molecule has 0 spiro atoms. The Hall–Kier alpha value is -4.02. The molecule has 1 heterocycles. The quantitative estimate of drug-likeness (QED) is 0.263. The van der Waals surface area contributed by atoms with Crippen molar-refractivity contribution in [3.63, 3.8) is 0 Å². The van der Waals surface area contributed by atoms with Crippen LogP contribution in [0.5, 0.6) is 5.75 Å². The number of carbonyl (C=O) groups is 1. The molecule has 0 unspecified atom stereocenters. The minimum absolute atomic E-state index is 0.0112. The van der Waals surface area contributed by atoms with Crippen LogP contribution in [0.2, 0.25) is 0 Å². The predicted molar refractivity (Wildman–Crippen MR) is 120 cm³/mol. The van der Waals surface area contributed by atoms with Crippen LogP contribution in [0.1, 0.15) is 6.92 Å². The fourth-order valence-corrected chi connectivity index (χ4v) is 4.04. The lowest BCUT2D eigenvalue weighted by atomic mass is 10.3. The molecule has 1 amide bonds. The van der Waals surface area contributed by atoms with E-state index in [-0.39, 0.29) is 22.4 Å². The highest BCUT2D eigenvalue weighted by atomic mass is 32.2. The smallest absolute Gasteiger partial charge is 0.274 e. The Morgan fingerprint density at radius 3 is 2.16 bits per heavy atom. The van der Waals surface area contributed by atoms with E-state index >= 15 is 0 Å². The lowest BCUT2D eigenvalue weighted by molar-refractivity contribution is -0.482. The summed E-state index contributed by atoms with van der Waals surface area (Å²) in [4.78, 5) is 20.2. The molecule has 0 atom stereocenters. The maximum atomic E-state index is 13.0. The molecular weight excluding hydrogens is 430 g/mol. The number of aromatic nitrogens is 2. The number of nitrogens with two attached hydrogens (primary N) is 1. The molecule has 1 aromatic heterocycles. The first-order valence-electron chi connectivity index (χ1n) is 9.61. The van der Waals surface area contributed by atoms with Gasteiger partial charge in [-0.3, -0.25) is 14.8 Å². The average molecular weight is 451 g/mol. The molecule has 3 aromatic carbocycles. The number of aromatic hydroxyl groups is 1. The Balaban J connectivity index is 1.70. The van der Waals surface area contributed by atoms with Crippen LogP contribution in [-0.2, 0) is 14.8 Å². The Labute approximate surface area is 184 Å². The van der Waals surface area contributed by atoms with E-state index in [0.29, 0.717) is 28.2 Å². The third kappa shape index (κ3) is 4.82. The molecule has 0 bridgehead atoms. The van der Waals surface area contributed by atoms with Crippen LogP contribution in [0.4, 0.5) is 23.0 Å². The predicted octanol–water partition coefficient (Wildman–Crippen LogP) is 2.62. The van der Waals surface area contributed by atoms with E-state index in [1.54, 1.807) is 35.6 Å². The summed E-state index contributed by atoms with van der Waals surface area (Å²) in [6, 6.07) is 19.4. The standard InChI is InChI=1S/C22H19N5O4S/c1-14(28)23-15-8-12-18(13-9-15)32(30,31)27-22-21(24-16-6-10-17(29)11-7-16)25-19-4-2-3-5-20(19)26-22/h2-13,29H,1H3,(H,23,28)(H,24,25)(H,26,27)/p+1. The largest absolute Gasteiger partial charge is 0.508 e. The Morgan fingerprint density at radius 1 is 0.906 bits per heavy atom. The van der Waals surface area contributed by atoms with Crippen LogP contribution < -0.4 is 15.4 Å². The molecule has 4 rings (SSSR count). The number of phenols is 1. The number of phenolic OH excluding ortho intramolecular Hbond substituents is 1. The number of nitrogens with zero attached hydrogens (tertiary/aromatic N) is 2. The molecule has 0 fully saturated rings. The Kier molecular flexibility index (Phi) is 5.71. The van der Waals surface area contributed by atoms with Crippen molar-refractivity contribution in [2.24, 2.45) is 0 Å². The summed E-state index contributed by atoms with van der Waals surface area (Å²) in [7, 11) is -3.97. The van der Waals surface area contributed by atoms with Gasteiger partial charge in [-0.2, -0.15) is 4.98 Å². The fraction of sp³-hybridized carbons (Fsp3) is 0.0455. The molecular formula is C22H20N5O4S+. The summed E-state index contributed by atoms with van der Waals surface area (Å²) < 4.78 is 28.5. The molecule has 4 aromatic rings. The lowest BCUT2D eigenvalue weighted by Crippen LogP contribution is -2.72. The molecule has 0 radical (unpaired) electrons. The van der Waals surface area contributed by atoms with Crippen molar-refractivity contribution in [2.45, 2.75) is 11.8 Å². The molecule has 10 heteroatoms. The Morgan fingerprint density at radius 2 is 1.53 bits per heavy atom. The van der Waals surface area contributed by atoms with E-state index in [1.807, 2.05) is 6.07 Å². The van der Waals surface area contributed by atoms with Gasteiger partial charge in [0.2, 0.25) is 11.7 Å². The molecule has 9 nitrogen and oxygen atoms in total. The monoisotopic (exact) mass is 450 g/mol. The van der Waals surface area contributed by atoms with E-state index in [1.165, 1.54) is 43.3 Å². The van der Waals surface area contributed by atoms with E-state index in [4.69, 9.17) is 0 Å². The summed E-state index contributed by atoms with van der Waals surface area (Å²) in [5.41, 5.74) is 2.35. The normalized spacial score (nSPS) is 11.3. The van der Waals surface area contributed by atoms with Crippen molar-refractivity contribution in [2.75, 3.05) is 10.0 Å². The number of para-hydroxylation sites is 2. The Bertz CT molecular complexity index is 1390. The number of sulfonamides is 1. The van der Waals surface area contributed by atoms with E-state index in [0.717, 1.165) is 0 Å². The first-order valence-corrected chi connectivity index (χ1v) is 11.1. The van der Waals surface area contributed by atoms with Crippen LogP contribution in [0.25, 0.3) is 11.0 Å². The fourth-order valence-electron chi connectivity index (χ4n) is 3.02.